The van der Waals surface area contributed by atoms with Gasteiger partial charge in [0.05, 0.1) is 9.90 Å². The SMILES string of the molecule is O=C(NC(=S)Nc1ccc(Oc2ccccc2)cc1)c1cc(Cl)sc1Cl. The summed E-state index contributed by atoms with van der Waals surface area (Å²) in [6.45, 7) is 0. The zero-order valence-corrected chi connectivity index (χ0v) is 16.3. The molecule has 3 aromatic rings. The lowest BCUT2D eigenvalue weighted by Crippen LogP contribution is -2.34. The first-order valence-electron chi connectivity index (χ1n) is 7.41. The Kier molecular flexibility index (Phi) is 6.11. The van der Waals surface area contributed by atoms with Gasteiger partial charge in [0, 0.05) is 5.69 Å². The highest BCUT2D eigenvalue weighted by Gasteiger charge is 2.15. The molecule has 132 valence electrons. The summed E-state index contributed by atoms with van der Waals surface area (Å²) in [5.41, 5.74) is 1.00. The second-order valence-electron chi connectivity index (χ2n) is 5.09. The van der Waals surface area contributed by atoms with E-state index in [-0.39, 0.29) is 10.7 Å². The lowest BCUT2D eigenvalue weighted by molar-refractivity contribution is 0.0978. The summed E-state index contributed by atoms with van der Waals surface area (Å²) in [4.78, 5) is 12.1. The van der Waals surface area contributed by atoms with Crippen LogP contribution >= 0.6 is 46.8 Å². The summed E-state index contributed by atoms with van der Waals surface area (Å²) in [6.07, 6.45) is 0. The Bertz CT molecular complexity index is 928. The maximum absolute atomic E-state index is 12.1. The summed E-state index contributed by atoms with van der Waals surface area (Å²) in [5.74, 6) is 1.03. The van der Waals surface area contributed by atoms with Crippen LogP contribution in [0.5, 0.6) is 11.5 Å². The molecule has 0 spiro atoms. The molecule has 0 aliphatic carbocycles. The van der Waals surface area contributed by atoms with Crippen LogP contribution in [0.25, 0.3) is 0 Å². The Labute approximate surface area is 169 Å². The molecule has 2 aromatic carbocycles. The number of amides is 1. The first-order valence-corrected chi connectivity index (χ1v) is 9.39. The van der Waals surface area contributed by atoms with Gasteiger partial charge in [-0.25, -0.2) is 0 Å². The van der Waals surface area contributed by atoms with Gasteiger partial charge in [-0.3, -0.25) is 10.1 Å². The third-order valence-electron chi connectivity index (χ3n) is 3.22. The van der Waals surface area contributed by atoms with E-state index in [2.05, 4.69) is 10.6 Å². The molecule has 1 amide bonds. The van der Waals surface area contributed by atoms with Crippen LogP contribution in [0.1, 0.15) is 10.4 Å². The number of thiocarbonyl (C=S) groups is 1. The molecule has 0 aliphatic rings. The van der Waals surface area contributed by atoms with Crippen molar-refractivity contribution >= 4 is 63.5 Å². The van der Waals surface area contributed by atoms with Gasteiger partial charge in [0.25, 0.3) is 5.91 Å². The Hall–Kier alpha value is -2.12. The van der Waals surface area contributed by atoms with E-state index in [1.807, 2.05) is 30.3 Å². The Morgan fingerprint density at radius 2 is 1.65 bits per heavy atom. The Balaban J connectivity index is 1.57. The van der Waals surface area contributed by atoms with Crippen molar-refractivity contribution < 1.29 is 9.53 Å². The molecule has 4 nitrogen and oxygen atoms in total. The first-order chi connectivity index (χ1) is 12.5. The van der Waals surface area contributed by atoms with Crippen LogP contribution in [-0.4, -0.2) is 11.0 Å². The summed E-state index contributed by atoms with van der Waals surface area (Å²) in [7, 11) is 0. The number of thiophene rings is 1. The van der Waals surface area contributed by atoms with Gasteiger partial charge in [0.1, 0.15) is 15.8 Å². The van der Waals surface area contributed by atoms with Gasteiger partial charge < -0.3 is 10.1 Å². The van der Waals surface area contributed by atoms with E-state index < -0.39 is 5.91 Å². The molecule has 0 saturated heterocycles. The number of para-hydroxylation sites is 1. The van der Waals surface area contributed by atoms with E-state index in [1.54, 1.807) is 24.3 Å². The number of hydrogen-bond acceptors (Lipinski definition) is 4. The van der Waals surface area contributed by atoms with E-state index >= 15 is 0 Å². The van der Waals surface area contributed by atoms with Gasteiger partial charge in [-0.05, 0) is 54.7 Å². The van der Waals surface area contributed by atoms with E-state index in [0.717, 1.165) is 17.1 Å². The van der Waals surface area contributed by atoms with E-state index in [9.17, 15) is 4.79 Å². The average molecular weight is 423 g/mol. The minimum Gasteiger partial charge on any atom is -0.457 e. The summed E-state index contributed by atoms with van der Waals surface area (Å²) in [5, 5.41) is 5.66. The fourth-order valence-electron chi connectivity index (χ4n) is 2.06. The molecule has 26 heavy (non-hydrogen) atoms. The number of halogens is 2. The number of nitrogens with one attached hydrogen (secondary N) is 2. The fourth-order valence-corrected chi connectivity index (χ4v) is 3.73. The highest BCUT2D eigenvalue weighted by Crippen LogP contribution is 2.31. The van der Waals surface area contributed by atoms with Crippen molar-refractivity contribution in [3.8, 4) is 11.5 Å². The number of anilines is 1. The number of benzene rings is 2. The quantitative estimate of drug-likeness (QED) is 0.508. The molecule has 0 atom stereocenters. The summed E-state index contributed by atoms with van der Waals surface area (Å²) >= 11 is 18.1. The van der Waals surface area contributed by atoms with Crippen LogP contribution in [0.2, 0.25) is 8.67 Å². The first kappa shape index (κ1) is 18.7. The van der Waals surface area contributed by atoms with E-state index in [4.69, 9.17) is 40.2 Å². The number of hydrogen-bond donors (Lipinski definition) is 2. The third kappa shape index (κ3) is 4.95. The van der Waals surface area contributed by atoms with Crippen LogP contribution < -0.4 is 15.4 Å². The molecule has 0 saturated carbocycles. The molecular formula is C18H12Cl2N2O2S2. The molecule has 3 rings (SSSR count). The van der Waals surface area contributed by atoms with Gasteiger partial charge >= 0.3 is 0 Å². The van der Waals surface area contributed by atoms with Gasteiger partial charge in [0.15, 0.2) is 5.11 Å². The molecular weight excluding hydrogens is 411 g/mol. The van der Waals surface area contributed by atoms with Crippen molar-refractivity contribution in [2.24, 2.45) is 0 Å². The Morgan fingerprint density at radius 1 is 1.00 bits per heavy atom. The standard InChI is InChI=1S/C18H12Cl2N2O2S2/c19-15-10-14(16(20)26-15)17(23)22-18(25)21-11-6-8-13(9-7-11)24-12-4-2-1-3-5-12/h1-10H,(H2,21,22,23,25). The summed E-state index contributed by atoms with van der Waals surface area (Å²) < 4.78 is 6.48. The van der Waals surface area contributed by atoms with Gasteiger partial charge in [-0.1, -0.05) is 41.4 Å². The van der Waals surface area contributed by atoms with E-state index in [1.165, 1.54) is 6.07 Å². The lowest BCUT2D eigenvalue weighted by atomic mass is 10.3. The molecule has 0 radical (unpaired) electrons. The molecule has 1 aromatic heterocycles. The van der Waals surface area contributed by atoms with Crippen molar-refractivity contribution in [1.82, 2.24) is 5.32 Å². The minimum atomic E-state index is -0.417. The van der Waals surface area contributed by atoms with Crippen LogP contribution in [0.3, 0.4) is 0 Å². The highest BCUT2D eigenvalue weighted by atomic mass is 35.5. The van der Waals surface area contributed by atoms with Crippen molar-refractivity contribution in [2.75, 3.05) is 5.32 Å². The van der Waals surface area contributed by atoms with Crippen molar-refractivity contribution in [3.05, 3.63) is 74.9 Å². The normalized spacial score (nSPS) is 10.2. The number of carbonyl (C=O) groups is 1. The topological polar surface area (TPSA) is 50.4 Å². The number of ether oxygens (including phenoxy) is 1. The van der Waals surface area contributed by atoms with Crippen LogP contribution in [0, 0.1) is 0 Å². The third-order valence-corrected chi connectivity index (χ3v) is 4.91. The van der Waals surface area contributed by atoms with Gasteiger partial charge in [-0.2, -0.15) is 0 Å². The smallest absolute Gasteiger partial charge is 0.259 e. The second kappa shape index (κ2) is 8.51. The van der Waals surface area contributed by atoms with Crippen LogP contribution in [0.4, 0.5) is 5.69 Å². The second-order valence-corrected chi connectivity index (χ2v) is 7.78. The van der Waals surface area contributed by atoms with Gasteiger partial charge in [0.2, 0.25) is 0 Å². The maximum atomic E-state index is 12.1. The average Bonchev–Trinajstić information content (AvgIpc) is 2.96. The van der Waals surface area contributed by atoms with E-state index in [0.29, 0.717) is 20.1 Å². The Morgan fingerprint density at radius 3 is 2.27 bits per heavy atom. The zero-order valence-electron chi connectivity index (χ0n) is 13.2. The van der Waals surface area contributed by atoms with Gasteiger partial charge in [-0.15, -0.1) is 11.3 Å². The molecule has 0 fully saturated rings. The number of rotatable bonds is 4. The lowest BCUT2D eigenvalue weighted by Gasteiger charge is -2.10. The molecule has 1 heterocycles. The van der Waals surface area contributed by atoms with Crippen molar-refractivity contribution in [3.63, 3.8) is 0 Å². The highest BCUT2D eigenvalue weighted by molar-refractivity contribution is 7.80. The summed E-state index contributed by atoms with van der Waals surface area (Å²) in [6, 6.07) is 18.2. The fraction of sp³-hybridized carbons (Fsp3) is 0. The van der Waals surface area contributed by atoms with Crippen LogP contribution in [-0.2, 0) is 0 Å². The molecule has 0 bridgehead atoms. The minimum absolute atomic E-state index is 0.158. The molecule has 8 heteroatoms. The predicted octanol–water partition coefficient (Wildman–Crippen LogP) is 5.97. The molecule has 0 unspecified atom stereocenters. The maximum Gasteiger partial charge on any atom is 0.259 e. The molecule has 0 aliphatic heterocycles. The monoisotopic (exact) mass is 422 g/mol. The van der Waals surface area contributed by atoms with Crippen LogP contribution in [0.15, 0.2) is 60.7 Å². The predicted molar refractivity (Wildman–Crippen MR) is 111 cm³/mol. The van der Waals surface area contributed by atoms with Crippen molar-refractivity contribution in [1.29, 1.82) is 0 Å². The molecule has 2 N–H and O–H groups in total. The largest absolute Gasteiger partial charge is 0.457 e. The number of carbonyl (C=O) groups excluding carboxylic acids is 1. The van der Waals surface area contributed by atoms with Crippen molar-refractivity contribution in [2.45, 2.75) is 0 Å². The zero-order chi connectivity index (χ0) is 18.5.